The molecule has 0 bridgehead atoms. The fourth-order valence-electron chi connectivity index (χ4n) is 2.50. The van der Waals surface area contributed by atoms with Gasteiger partial charge in [0, 0.05) is 6.07 Å². The molecule has 2 aromatic carbocycles. The van der Waals surface area contributed by atoms with Gasteiger partial charge < -0.3 is 9.94 Å². The third-order valence-electron chi connectivity index (χ3n) is 3.55. The van der Waals surface area contributed by atoms with Crippen LogP contribution >= 0.6 is 0 Å². The maximum atomic E-state index is 12.8. The van der Waals surface area contributed by atoms with Crippen LogP contribution in [0.5, 0.6) is 5.75 Å². The van der Waals surface area contributed by atoms with E-state index in [0.717, 1.165) is 24.3 Å². The van der Waals surface area contributed by atoms with Gasteiger partial charge >= 0.3 is 12.5 Å². The average Bonchev–Trinajstić information content (AvgIpc) is 2.76. The fraction of sp³-hybridized carbons (Fsp3) is 0.125. The Morgan fingerprint density at radius 1 is 0.962 bits per heavy atom. The third-order valence-corrected chi connectivity index (χ3v) is 3.55. The Bertz CT molecular complexity index is 930. The van der Waals surface area contributed by atoms with Crippen molar-refractivity contribution < 1.29 is 40.6 Å². The zero-order valence-corrected chi connectivity index (χ0v) is 12.5. The van der Waals surface area contributed by atoms with E-state index in [1.165, 1.54) is 6.07 Å². The summed E-state index contributed by atoms with van der Waals surface area (Å²) < 4.78 is 79.0. The average molecular weight is 375 g/mol. The van der Waals surface area contributed by atoms with E-state index in [9.17, 15) is 36.3 Å². The van der Waals surface area contributed by atoms with Crippen molar-refractivity contribution >= 4 is 17.2 Å². The van der Waals surface area contributed by atoms with E-state index < -0.39 is 40.9 Å². The Morgan fingerprint density at radius 2 is 1.65 bits per heavy atom. The van der Waals surface area contributed by atoms with Gasteiger partial charge in [-0.2, -0.15) is 17.9 Å². The van der Waals surface area contributed by atoms with Gasteiger partial charge in [-0.15, -0.1) is 13.2 Å². The van der Waals surface area contributed by atoms with Gasteiger partial charge in [0.05, 0.1) is 11.1 Å². The summed E-state index contributed by atoms with van der Waals surface area (Å²) in [7, 11) is 0. The van der Waals surface area contributed by atoms with Crippen LogP contribution in [0.15, 0.2) is 42.5 Å². The standard InChI is InChI=1S/C16H7F6NO3/c17-15(18,19)9-4-5-12-11(7-9)14(24)13(23(12)25)8-2-1-3-10(6-8)26-16(20,21)22/h1-7H. The Labute approximate surface area is 141 Å². The maximum Gasteiger partial charge on any atom is 0.573 e. The van der Waals surface area contributed by atoms with Crippen molar-refractivity contribution in [3.05, 3.63) is 64.4 Å². The minimum Gasteiger partial charge on any atom is -0.618 e. The molecular weight excluding hydrogens is 368 g/mol. The number of fused-ring (bicyclic) bond motifs is 1. The number of ether oxygens (including phenoxy) is 1. The molecule has 0 atom stereocenters. The molecule has 1 heterocycles. The highest BCUT2D eigenvalue weighted by molar-refractivity contribution is 6.52. The fourth-order valence-corrected chi connectivity index (χ4v) is 2.50. The number of ketones is 1. The molecule has 26 heavy (non-hydrogen) atoms. The van der Waals surface area contributed by atoms with Crippen molar-refractivity contribution in [2.45, 2.75) is 12.5 Å². The number of benzene rings is 2. The van der Waals surface area contributed by atoms with Crippen molar-refractivity contribution in [2.24, 2.45) is 0 Å². The predicted molar refractivity (Wildman–Crippen MR) is 76.3 cm³/mol. The zero-order chi connectivity index (χ0) is 19.3. The molecule has 0 aliphatic carbocycles. The summed E-state index contributed by atoms with van der Waals surface area (Å²) in [6.07, 6.45) is -9.70. The lowest BCUT2D eigenvalue weighted by Gasteiger charge is -2.09. The molecule has 136 valence electrons. The lowest BCUT2D eigenvalue weighted by Crippen LogP contribution is -2.19. The molecule has 0 amide bonds. The second kappa shape index (κ2) is 5.75. The molecule has 0 N–H and O–H groups in total. The summed E-state index contributed by atoms with van der Waals surface area (Å²) in [5.74, 6) is -1.69. The molecule has 3 rings (SSSR count). The Kier molecular flexibility index (Phi) is 3.93. The van der Waals surface area contributed by atoms with Crippen LogP contribution in [-0.4, -0.2) is 22.6 Å². The topological polar surface area (TPSA) is 52.4 Å². The summed E-state index contributed by atoms with van der Waals surface area (Å²) in [6, 6.07) is 6.08. The van der Waals surface area contributed by atoms with E-state index in [4.69, 9.17) is 0 Å². The number of nitrogens with zero attached hydrogens (tertiary/aromatic N) is 1. The summed E-state index contributed by atoms with van der Waals surface area (Å²) >= 11 is 0. The highest BCUT2D eigenvalue weighted by Crippen LogP contribution is 2.36. The monoisotopic (exact) mass is 375 g/mol. The van der Waals surface area contributed by atoms with Crippen LogP contribution in [0.2, 0.25) is 0 Å². The van der Waals surface area contributed by atoms with Crippen LogP contribution in [0.3, 0.4) is 0 Å². The number of Topliss-reactive ketones (excluding diaryl/α,β-unsaturated/α-hetero) is 1. The minimum atomic E-state index is -4.98. The maximum absolute atomic E-state index is 12.8. The van der Waals surface area contributed by atoms with Crippen molar-refractivity contribution in [1.29, 1.82) is 0 Å². The van der Waals surface area contributed by atoms with Gasteiger partial charge in [-0.3, -0.25) is 4.79 Å². The van der Waals surface area contributed by atoms with E-state index in [0.29, 0.717) is 12.1 Å². The highest BCUT2D eigenvalue weighted by Gasteiger charge is 2.40. The quantitative estimate of drug-likeness (QED) is 0.443. The molecule has 0 unspecified atom stereocenters. The molecule has 0 saturated heterocycles. The van der Waals surface area contributed by atoms with E-state index in [2.05, 4.69) is 4.74 Å². The number of hydrogen-bond donors (Lipinski definition) is 0. The van der Waals surface area contributed by atoms with E-state index in [1.807, 2.05) is 0 Å². The van der Waals surface area contributed by atoms with Crippen molar-refractivity contribution in [3.8, 4) is 5.75 Å². The number of carbonyl (C=O) groups is 1. The Morgan fingerprint density at radius 3 is 2.27 bits per heavy atom. The number of halogens is 6. The van der Waals surface area contributed by atoms with Gasteiger partial charge in [-0.1, -0.05) is 6.07 Å². The van der Waals surface area contributed by atoms with E-state index >= 15 is 0 Å². The first-order chi connectivity index (χ1) is 12.0. The Balaban J connectivity index is 2.03. The van der Waals surface area contributed by atoms with E-state index in [-0.39, 0.29) is 16.0 Å². The molecule has 0 saturated carbocycles. The predicted octanol–water partition coefficient (Wildman–Crippen LogP) is 4.43. The van der Waals surface area contributed by atoms with Gasteiger partial charge in [0.2, 0.25) is 5.69 Å². The van der Waals surface area contributed by atoms with Crippen LogP contribution in [0, 0.1) is 5.21 Å². The van der Waals surface area contributed by atoms with Gasteiger partial charge in [0.15, 0.2) is 0 Å². The minimum absolute atomic E-state index is 0.0878. The molecule has 0 spiro atoms. The van der Waals surface area contributed by atoms with Crippen LogP contribution in [-0.2, 0) is 6.18 Å². The van der Waals surface area contributed by atoms with Crippen LogP contribution in [0.25, 0.3) is 0 Å². The van der Waals surface area contributed by atoms with Crippen LogP contribution in [0.4, 0.5) is 32.0 Å². The van der Waals surface area contributed by atoms with Gasteiger partial charge in [0.25, 0.3) is 11.5 Å². The molecule has 2 aromatic rings. The zero-order valence-electron chi connectivity index (χ0n) is 12.5. The second-order valence-electron chi connectivity index (χ2n) is 5.28. The van der Waals surface area contributed by atoms with Gasteiger partial charge in [0.1, 0.15) is 11.3 Å². The molecule has 1 aliphatic heterocycles. The first-order valence-corrected chi connectivity index (χ1v) is 6.94. The van der Waals surface area contributed by atoms with Crippen molar-refractivity contribution in [2.75, 3.05) is 0 Å². The summed E-state index contributed by atoms with van der Waals surface area (Å²) in [5.41, 5.74) is -2.72. The van der Waals surface area contributed by atoms with Crippen LogP contribution in [0.1, 0.15) is 21.5 Å². The molecule has 10 heteroatoms. The largest absolute Gasteiger partial charge is 0.618 e. The normalized spacial score (nSPS) is 14.6. The summed E-state index contributed by atoms with van der Waals surface area (Å²) in [6.45, 7) is 0. The molecular formula is C16H7F6NO3. The molecule has 0 radical (unpaired) electrons. The van der Waals surface area contributed by atoms with Gasteiger partial charge in [-0.25, -0.2) is 0 Å². The molecule has 0 fully saturated rings. The highest BCUT2D eigenvalue weighted by atomic mass is 19.4. The smallest absolute Gasteiger partial charge is 0.573 e. The number of hydrogen-bond acceptors (Lipinski definition) is 3. The first kappa shape index (κ1) is 17.8. The van der Waals surface area contributed by atoms with Crippen molar-refractivity contribution in [1.82, 2.24) is 0 Å². The number of rotatable bonds is 2. The Hall–Kier alpha value is -3.04. The van der Waals surface area contributed by atoms with Crippen molar-refractivity contribution in [3.63, 3.8) is 0 Å². The first-order valence-electron chi connectivity index (χ1n) is 6.94. The van der Waals surface area contributed by atoms with E-state index in [1.54, 1.807) is 0 Å². The third kappa shape index (κ3) is 3.22. The summed E-state index contributed by atoms with van der Waals surface area (Å²) in [5, 5.41) is 12.3. The van der Waals surface area contributed by atoms with Gasteiger partial charge in [-0.05, 0) is 30.3 Å². The molecule has 0 aromatic heterocycles. The SMILES string of the molecule is O=C1C(c2cccc(OC(F)(F)F)c2)=[N+]([O-])c2ccc(C(F)(F)F)cc21. The second-order valence-corrected chi connectivity index (χ2v) is 5.28. The summed E-state index contributed by atoms with van der Waals surface area (Å²) in [4.78, 5) is 12.4. The number of alkyl halides is 6. The lowest BCUT2D eigenvalue weighted by molar-refractivity contribution is -0.355. The van der Waals surface area contributed by atoms with Crippen LogP contribution < -0.4 is 4.74 Å². The number of carbonyl (C=O) groups excluding carboxylic acids is 1. The lowest BCUT2D eigenvalue weighted by atomic mass is 10.0. The molecule has 4 nitrogen and oxygen atoms in total. The molecule has 1 aliphatic rings.